The van der Waals surface area contributed by atoms with Gasteiger partial charge in [-0.05, 0) is 45.6 Å². The number of likely N-dealkylation sites (tertiary alicyclic amines) is 1. The van der Waals surface area contributed by atoms with Crippen LogP contribution in [0, 0.1) is 5.92 Å². The zero-order chi connectivity index (χ0) is 11.3. The number of hydrogen-bond donors (Lipinski definition) is 1. The molecule has 0 spiro atoms. The molecular weight excluding hydrogens is 184 g/mol. The zero-order valence-corrected chi connectivity index (χ0v) is 10.9. The summed E-state index contributed by atoms with van der Waals surface area (Å²) in [6, 6.07) is 1.47. The van der Waals surface area contributed by atoms with Crippen molar-refractivity contribution in [1.82, 2.24) is 10.2 Å². The first kappa shape index (κ1) is 13.0. The Balaban J connectivity index is 2.32. The van der Waals surface area contributed by atoms with Gasteiger partial charge in [-0.3, -0.25) is 4.90 Å². The molecule has 0 amide bonds. The number of piperidine rings is 1. The van der Waals surface area contributed by atoms with Gasteiger partial charge in [0.1, 0.15) is 0 Å². The summed E-state index contributed by atoms with van der Waals surface area (Å²) >= 11 is 0. The highest BCUT2D eigenvalue weighted by Crippen LogP contribution is 2.22. The number of hydrogen-bond acceptors (Lipinski definition) is 2. The van der Waals surface area contributed by atoms with Crippen LogP contribution in [0.3, 0.4) is 0 Å². The second-order valence-electron chi connectivity index (χ2n) is 5.28. The minimum Gasteiger partial charge on any atom is -0.315 e. The lowest BCUT2D eigenvalue weighted by Gasteiger charge is -2.41. The van der Waals surface area contributed by atoms with Gasteiger partial charge in [-0.15, -0.1) is 0 Å². The van der Waals surface area contributed by atoms with Crippen molar-refractivity contribution < 1.29 is 0 Å². The molecule has 1 aliphatic heterocycles. The predicted octanol–water partition coefficient (Wildman–Crippen LogP) is 2.49. The van der Waals surface area contributed by atoms with E-state index in [2.05, 4.69) is 37.9 Å². The minimum atomic E-state index is 0.689. The first-order chi connectivity index (χ1) is 7.15. The minimum absolute atomic E-state index is 0.689. The molecule has 0 aromatic heterocycles. The first-order valence-electron chi connectivity index (χ1n) is 6.61. The van der Waals surface area contributed by atoms with Gasteiger partial charge in [-0.1, -0.05) is 13.8 Å². The molecule has 1 aliphatic rings. The van der Waals surface area contributed by atoms with Crippen LogP contribution < -0.4 is 5.32 Å². The van der Waals surface area contributed by atoms with E-state index < -0.39 is 0 Å². The number of nitrogens with zero attached hydrogens (tertiary/aromatic N) is 1. The second kappa shape index (κ2) is 6.49. The molecule has 2 nitrogen and oxygen atoms in total. The molecule has 90 valence electrons. The zero-order valence-electron chi connectivity index (χ0n) is 10.9. The van der Waals surface area contributed by atoms with Gasteiger partial charge >= 0.3 is 0 Å². The predicted molar refractivity (Wildman–Crippen MR) is 67.2 cm³/mol. The van der Waals surface area contributed by atoms with Crippen molar-refractivity contribution in [3.63, 3.8) is 0 Å². The Morgan fingerprint density at radius 1 is 1.33 bits per heavy atom. The van der Waals surface area contributed by atoms with E-state index in [9.17, 15) is 0 Å². The van der Waals surface area contributed by atoms with E-state index in [0.717, 1.165) is 25.0 Å². The Morgan fingerprint density at radius 3 is 2.73 bits per heavy atom. The normalized spacial score (nSPS) is 30.4. The molecule has 0 aliphatic carbocycles. The Labute approximate surface area is 95.4 Å². The smallest absolute Gasteiger partial charge is 0.0195 e. The fourth-order valence-electron chi connectivity index (χ4n) is 2.54. The molecule has 1 fully saturated rings. The highest BCUT2D eigenvalue weighted by Gasteiger charge is 2.26. The average molecular weight is 212 g/mol. The summed E-state index contributed by atoms with van der Waals surface area (Å²) < 4.78 is 0. The fraction of sp³-hybridized carbons (Fsp3) is 1.00. The molecule has 1 heterocycles. The maximum atomic E-state index is 3.53. The van der Waals surface area contributed by atoms with Crippen molar-refractivity contribution in [1.29, 1.82) is 0 Å². The lowest BCUT2D eigenvalue weighted by atomic mass is 9.93. The molecule has 3 atom stereocenters. The van der Waals surface area contributed by atoms with E-state index in [0.29, 0.717) is 6.04 Å². The lowest BCUT2D eigenvalue weighted by Crippen LogP contribution is -2.49. The maximum absolute atomic E-state index is 3.53. The second-order valence-corrected chi connectivity index (χ2v) is 5.28. The highest BCUT2D eigenvalue weighted by molar-refractivity contribution is 4.81. The summed E-state index contributed by atoms with van der Waals surface area (Å²) in [5.41, 5.74) is 0. The van der Waals surface area contributed by atoms with Crippen molar-refractivity contribution in [3.8, 4) is 0 Å². The largest absolute Gasteiger partial charge is 0.315 e. The summed E-state index contributed by atoms with van der Waals surface area (Å²) in [6.07, 6.45) is 4.02. The van der Waals surface area contributed by atoms with Gasteiger partial charge in [-0.2, -0.15) is 0 Å². The highest BCUT2D eigenvalue weighted by atomic mass is 15.2. The van der Waals surface area contributed by atoms with E-state index >= 15 is 0 Å². The summed E-state index contributed by atoms with van der Waals surface area (Å²) in [6.45, 7) is 12.9. The van der Waals surface area contributed by atoms with E-state index in [1.165, 1.54) is 25.8 Å². The average Bonchev–Trinajstić information content (AvgIpc) is 2.22. The molecule has 0 aromatic rings. The van der Waals surface area contributed by atoms with E-state index in [1.54, 1.807) is 0 Å². The molecule has 0 saturated carbocycles. The van der Waals surface area contributed by atoms with E-state index in [4.69, 9.17) is 0 Å². The summed E-state index contributed by atoms with van der Waals surface area (Å²) in [5.74, 6) is 0.884. The van der Waals surface area contributed by atoms with Gasteiger partial charge in [-0.25, -0.2) is 0 Å². The topological polar surface area (TPSA) is 15.3 Å². The van der Waals surface area contributed by atoms with Crippen LogP contribution in [0.5, 0.6) is 0 Å². The molecule has 0 bridgehead atoms. The third-order valence-electron chi connectivity index (χ3n) is 3.60. The molecule has 1 N–H and O–H groups in total. The Kier molecular flexibility index (Phi) is 5.62. The fourth-order valence-corrected chi connectivity index (χ4v) is 2.54. The van der Waals surface area contributed by atoms with Crippen molar-refractivity contribution in [2.24, 2.45) is 5.92 Å². The monoisotopic (exact) mass is 212 g/mol. The molecule has 1 saturated heterocycles. The van der Waals surface area contributed by atoms with Crippen LogP contribution in [0.25, 0.3) is 0 Å². The molecule has 0 aromatic carbocycles. The van der Waals surface area contributed by atoms with Gasteiger partial charge in [0, 0.05) is 25.2 Å². The lowest BCUT2D eigenvalue weighted by molar-refractivity contribution is 0.0842. The van der Waals surface area contributed by atoms with Gasteiger partial charge in [0.2, 0.25) is 0 Å². The molecule has 0 radical (unpaired) electrons. The maximum Gasteiger partial charge on any atom is 0.0195 e. The molecule has 15 heavy (non-hydrogen) atoms. The van der Waals surface area contributed by atoms with Crippen molar-refractivity contribution >= 4 is 0 Å². The Morgan fingerprint density at radius 2 is 2.07 bits per heavy atom. The van der Waals surface area contributed by atoms with Crippen LogP contribution in [-0.2, 0) is 0 Å². The van der Waals surface area contributed by atoms with Crippen LogP contribution in [0.2, 0.25) is 0 Å². The van der Waals surface area contributed by atoms with Crippen molar-refractivity contribution in [2.45, 2.75) is 59.0 Å². The third-order valence-corrected chi connectivity index (χ3v) is 3.60. The van der Waals surface area contributed by atoms with E-state index in [-0.39, 0.29) is 0 Å². The summed E-state index contributed by atoms with van der Waals surface area (Å²) in [5, 5.41) is 3.53. The molecule has 3 unspecified atom stereocenters. The number of rotatable bonds is 5. The van der Waals surface area contributed by atoms with Crippen LogP contribution in [0.1, 0.15) is 47.0 Å². The Bertz CT molecular complexity index is 170. The SMILES string of the molecule is CCCNCC(C)N1CC(C)CCC1C. The molecular formula is C13H28N2. The molecule has 1 rings (SSSR count). The van der Waals surface area contributed by atoms with Gasteiger partial charge in [0.15, 0.2) is 0 Å². The van der Waals surface area contributed by atoms with E-state index in [1.807, 2.05) is 0 Å². The van der Waals surface area contributed by atoms with Crippen molar-refractivity contribution in [2.75, 3.05) is 19.6 Å². The van der Waals surface area contributed by atoms with Crippen LogP contribution in [-0.4, -0.2) is 36.6 Å². The quantitative estimate of drug-likeness (QED) is 0.704. The van der Waals surface area contributed by atoms with Crippen molar-refractivity contribution in [3.05, 3.63) is 0 Å². The first-order valence-corrected chi connectivity index (χ1v) is 6.61. The van der Waals surface area contributed by atoms with Gasteiger partial charge < -0.3 is 5.32 Å². The standard InChI is InChI=1S/C13H28N2/c1-5-8-14-9-13(4)15-10-11(2)6-7-12(15)3/h11-14H,5-10H2,1-4H3. The van der Waals surface area contributed by atoms with Gasteiger partial charge in [0.05, 0.1) is 0 Å². The van der Waals surface area contributed by atoms with Crippen LogP contribution in [0.4, 0.5) is 0 Å². The summed E-state index contributed by atoms with van der Waals surface area (Å²) in [4.78, 5) is 2.68. The van der Waals surface area contributed by atoms with Crippen LogP contribution in [0.15, 0.2) is 0 Å². The molecule has 2 heteroatoms. The van der Waals surface area contributed by atoms with Crippen LogP contribution >= 0.6 is 0 Å². The summed E-state index contributed by atoms with van der Waals surface area (Å²) in [7, 11) is 0. The third kappa shape index (κ3) is 4.12. The Hall–Kier alpha value is -0.0800. The van der Waals surface area contributed by atoms with Gasteiger partial charge in [0.25, 0.3) is 0 Å². The number of nitrogens with one attached hydrogen (secondary N) is 1.